The molecule has 0 bridgehead atoms. The normalized spacial score (nSPS) is 23.9. The largest absolute Gasteiger partial charge is 0.374 e. The Kier molecular flexibility index (Phi) is 10.2. The monoisotopic (exact) mass is 490 g/mol. The van der Waals surface area contributed by atoms with Crippen LogP contribution in [0.1, 0.15) is 23.1 Å². The van der Waals surface area contributed by atoms with Crippen molar-refractivity contribution < 1.29 is 28.5 Å². The number of methoxy groups -OCH3 is 1. The van der Waals surface area contributed by atoms with Gasteiger partial charge in [0.05, 0.1) is 38.6 Å². The second-order valence-electron chi connectivity index (χ2n) is 8.87. The number of carbonyl (C=O) groups is 1. The number of ether oxygens (including phenoxy) is 5. The average molecular weight is 491 g/mol. The SMILES string of the molecule is CO[C@H]1O[C@H](COCc2ccccc2)[C@H](CC=O)[C@H](OCc2ccccc2)[C@H]1OCc1ccccc1. The summed E-state index contributed by atoms with van der Waals surface area (Å²) in [5.41, 5.74) is 3.15. The topological polar surface area (TPSA) is 63.2 Å². The van der Waals surface area contributed by atoms with E-state index in [0.29, 0.717) is 26.4 Å². The molecule has 3 aromatic carbocycles. The molecule has 0 amide bonds. The zero-order chi connectivity index (χ0) is 25.0. The summed E-state index contributed by atoms with van der Waals surface area (Å²) in [6.07, 6.45) is -0.819. The van der Waals surface area contributed by atoms with Crippen LogP contribution in [0.5, 0.6) is 0 Å². The van der Waals surface area contributed by atoms with Crippen molar-refractivity contribution in [3.63, 3.8) is 0 Å². The van der Waals surface area contributed by atoms with Gasteiger partial charge in [0.25, 0.3) is 0 Å². The Labute approximate surface area is 213 Å². The van der Waals surface area contributed by atoms with Crippen molar-refractivity contribution in [3.8, 4) is 0 Å². The van der Waals surface area contributed by atoms with Crippen LogP contribution in [-0.4, -0.2) is 44.6 Å². The fourth-order valence-electron chi connectivity index (χ4n) is 4.50. The van der Waals surface area contributed by atoms with Gasteiger partial charge in [-0.15, -0.1) is 0 Å². The highest BCUT2D eigenvalue weighted by Gasteiger charge is 2.47. The molecule has 1 aliphatic rings. The molecule has 6 nitrogen and oxygen atoms in total. The quantitative estimate of drug-likeness (QED) is 0.316. The molecule has 0 aliphatic carbocycles. The first kappa shape index (κ1) is 26.2. The van der Waals surface area contributed by atoms with Gasteiger partial charge in [0.1, 0.15) is 12.4 Å². The lowest BCUT2D eigenvalue weighted by molar-refractivity contribution is -0.305. The number of carbonyl (C=O) groups excluding carboxylic acids is 1. The van der Waals surface area contributed by atoms with Crippen LogP contribution in [0.2, 0.25) is 0 Å². The summed E-state index contributed by atoms with van der Waals surface area (Å²) in [5.74, 6) is -0.255. The van der Waals surface area contributed by atoms with Crippen molar-refractivity contribution >= 4 is 6.29 Å². The van der Waals surface area contributed by atoms with Crippen molar-refractivity contribution in [1.82, 2.24) is 0 Å². The number of hydrogen-bond acceptors (Lipinski definition) is 6. The minimum absolute atomic E-state index is 0.255. The highest BCUT2D eigenvalue weighted by molar-refractivity contribution is 5.50. The summed E-state index contributed by atoms with van der Waals surface area (Å²) in [5, 5.41) is 0. The minimum Gasteiger partial charge on any atom is -0.374 e. The molecule has 0 radical (unpaired) electrons. The molecule has 1 aliphatic heterocycles. The van der Waals surface area contributed by atoms with Gasteiger partial charge in [-0.1, -0.05) is 91.0 Å². The fraction of sp³-hybridized carbons (Fsp3) is 0.367. The molecule has 0 N–H and O–H groups in total. The summed E-state index contributed by atoms with van der Waals surface area (Å²) in [6.45, 7) is 1.53. The zero-order valence-corrected chi connectivity index (χ0v) is 20.6. The second-order valence-corrected chi connectivity index (χ2v) is 8.87. The van der Waals surface area contributed by atoms with Gasteiger partial charge >= 0.3 is 0 Å². The Morgan fingerprint density at radius 2 is 1.22 bits per heavy atom. The number of benzene rings is 3. The standard InChI is InChI=1S/C30H34O6/c1-32-30-29(35-21-25-15-9-4-10-16-25)28(34-20-24-13-7-3-8-14-24)26(17-18-31)27(36-30)22-33-19-23-11-5-2-6-12-23/h2-16,18,26-30H,17,19-22H2,1H3/t26-,27+,28-,29+,30-/m0/s1. The maximum Gasteiger partial charge on any atom is 0.186 e. The molecule has 6 heteroatoms. The van der Waals surface area contributed by atoms with Crippen molar-refractivity contribution in [2.24, 2.45) is 5.92 Å². The van der Waals surface area contributed by atoms with Crippen LogP contribution in [0.15, 0.2) is 91.0 Å². The summed E-state index contributed by atoms with van der Waals surface area (Å²) in [4.78, 5) is 11.7. The predicted molar refractivity (Wildman–Crippen MR) is 136 cm³/mol. The molecule has 0 aromatic heterocycles. The van der Waals surface area contributed by atoms with E-state index in [-0.39, 0.29) is 18.4 Å². The summed E-state index contributed by atoms with van der Waals surface area (Å²) < 4.78 is 30.9. The molecule has 1 fully saturated rings. The summed E-state index contributed by atoms with van der Waals surface area (Å²) >= 11 is 0. The minimum atomic E-state index is -0.664. The lowest BCUT2D eigenvalue weighted by Crippen LogP contribution is -2.58. The third-order valence-electron chi connectivity index (χ3n) is 6.37. The third-order valence-corrected chi connectivity index (χ3v) is 6.37. The molecule has 3 aromatic rings. The lowest BCUT2D eigenvalue weighted by Gasteiger charge is -2.45. The Bertz CT molecular complexity index is 1010. The maximum atomic E-state index is 11.7. The van der Waals surface area contributed by atoms with Gasteiger partial charge in [0.2, 0.25) is 0 Å². The Morgan fingerprint density at radius 1 is 0.722 bits per heavy atom. The zero-order valence-electron chi connectivity index (χ0n) is 20.6. The fourth-order valence-corrected chi connectivity index (χ4v) is 4.50. The first-order chi connectivity index (χ1) is 17.8. The van der Waals surface area contributed by atoms with Crippen molar-refractivity contribution in [1.29, 1.82) is 0 Å². The third kappa shape index (κ3) is 7.32. The van der Waals surface area contributed by atoms with Gasteiger partial charge < -0.3 is 28.5 Å². The van der Waals surface area contributed by atoms with Crippen LogP contribution in [0, 0.1) is 5.92 Å². The van der Waals surface area contributed by atoms with Crippen LogP contribution < -0.4 is 0 Å². The number of rotatable bonds is 13. The Balaban J connectivity index is 1.51. The van der Waals surface area contributed by atoms with Gasteiger partial charge in [0.15, 0.2) is 6.29 Å². The van der Waals surface area contributed by atoms with E-state index in [1.54, 1.807) is 7.11 Å². The first-order valence-electron chi connectivity index (χ1n) is 12.3. The molecule has 0 unspecified atom stereocenters. The molecule has 4 rings (SSSR count). The summed E-state index contributed by atoms with van der Waals surface area (Å²) in [7, 11) is 1.60. The molecule has 5 atom stereocenters. The Morgan fingerprint density at radius 3 is 1.72 bits per heavy atom. The van der Waals surface area contributed by atoms with E-state index < -0.39 is 18.5 Å². The van der Waals surface area contributed by atoms with E-state index in [2.05, 4.69) is 0 Å². The highest BCUT2D eigenvalue weighted by atomic mass is 16.7. The maximum absolute atomic E-state index is 11.7. The first-order valence-corrected chi connectivity index (χ1v) is 12.3. The molecular formula is C30H34O6. The molecule has 1 saturated heterocycles. The molecule has 36 heavy (non-hydrogen) atoms. The molecule has 190 valence electrons. The van der Waals surface area contributed by atoms with Gasteiger partial charge in [-0.2, -0.15) is 0 Å². The highest BCUT2D eigenvalue weighted by Crippen LogP contribution is 2.34. The number of hydrogen-bond donors (Lipinski definition) is 0. The molecule has 0 saturated carbocycles. The van der Waals surface area contributed by atoms with Crippen molar-refractivity contribution in [2.75, 3.05) is 13.7 Å². The van der Waals surface area contributed by atoms with Crippen LogP contribution in [-0.2, 0) is 48.3 Å². The van der Waals surface area contributed by atoms with Gasteiger partial charge in [-0.3, -0.25) is 0 Å². The van der Waals surface area contributed by atoms with Crippen LogP contribution in [0.4, 0.5) is 0 Å². The second kappa shape index (κ2) is 14.0. The number of aldehydes is 1. The molecule has 1 heterocycles. The molecular weight excluding hydrogens is 456 g/mol. The van der Waals surface area contributed by atoms with Gasteiger partial charge in [-0.25, -0.2) is 0 Å². The van der Waals surface area contributed by atoms with E-state index in [9.17, 15) is 4.79 Å². The predicted octanol–water partition coefficient (Wildman–Crippen LogP) is 4.95. The van der Waals surface area contributed by atoms with Crippen molar-refractivity contribution in [2.45, 2.75) is 50.8 Å². The van der Waals surface area contributed by atoms with E-state index in [1.807, 2.05) is 91.0 Å². The van der Waals surface area contributed by atoms with E-state index in [4.69, 9.17) is 23.7 Å². The van der Waals surface area contributed by atoms with Crippen molar-refractivity contribution in [3.05, 3.63) is 108 Å². The molecule has 0 spiro atoms. The van der Waals surface area contributed by atoms with E-state index in [1.165, 1.54) is 0 Å². The van der Waals surface area contributed by atoms with Crippen LogP contribution in [0.3, 0.4) is 0 Å². The average Bonchev–Trinajstić information content (AvgIpc) is 2.93. The van der Waals surface area contributed by atoms with E-state index in [0.717, 1.165) is 23.0 Å². The van der Waals surface area contributed by atoms with Crippen LogP contribution in [0.25, 0.3) is 0 Å². The van der Waals surface area contributed by atoms with Gasteiger partial charge in [0, 0.05) is 19.4 Å². The van der Waals surface area contributed by atoms with Crippen LogP contribution >= 0.6 is 0 Å². The smallest absolute Gasteiger partial charge is 0.186 e. The Hall–Kier alpha value is -2.87. The summed E-state index contributed by atoms with van der Waals surface area (Å²) in [6, 6.07) is 29.9. The van der Waals surface area contributed by atoms with Gasteiger partial charge in [-0.05, 0) is 16.7 Å². The van der Waals surface area contributed by atoms with E-state index >= 15 is 0 Å². The lowest BCUT2D eigenvalue weighted by atomic mass is 9.86.